The van der Waals surface area contributed by atoms with Gasteiger partial charge in [-0.15, -0.1) is 0 Å². The van der Waals surface area contributed by atoms with Gasteiger partial charge in [0.1, 0.15) is 0 Å². The first-order valence-electron chi connectivity index (χ1n) is 8.33. The molecule has 2 heterocycles. The third kappa shape index (κ3) is 3.94. The number of rotatable bonds is 5. The first kappa shape index (κ1) is 14.8. The van der Waals surface area contributed by atoms with Gasteiger partial charge in [-0.25, -0.2) is 0 Å². The van der Waals surface area contributed by atoms with E-state index in [0.29, 0.717) is 5.41 Å². The number of nitrogens with zero attached hydrogens (tertiary/aromatic N) is 1. The summed E-state index contributed by atoms with van der Waals surface area (Å²) in [4.78, 5) is 2.57. The molecule has 2 aliphatic heterocycles. The van der Waals surface area contributed by atoms with E-state index in [1.807, 2.05) is 6.92 Å². The molecule has 2 saturated heterocycles. The fourth-order valence-corrected chi connectivity index (χ4v) is 3.51. The van der Waals surface area contributed by atoms with Gasteiger partial charge < -0.3 is 20.1 Å². The second-order valence-electron chi connectivity index (χ2n) is 7.54. The topological polar surface area (TPSA) is 44.7 Å². The van der Waals surface area contributed by atoms with Crippen LogP contribution in [0.25, 0.3) is 0 Å². The summed E-state index contributed by atoms with van der Waals surface area (Å²) in [7, 11) is 0. The number of hydrogen-bond donors (Lipinski definition) is 2. The summed E-state index contributed by atoms with van der Waals surface area (Å²) in [6.45, 7) is 8.21. The van der Waals surface area contributed by atoms with Gasteiger partial charge in [0.05, 0.1) is 5.60 Å². The lowest BCUT2D eigenvalue weighted by Gasteiger charge is -2.44. The minimum atomic E-state index is -0.439. The van der Waals surface area contributed by atoms with Crippen LogP contribution in [-0.4, -0.2) is 61.0 Å². The lowest BCUT2D eigenvalue weighted by molar-refractivity contribution is -0.0389. The first-order chi connectivity index (χ1) is 9.57. The molecule has 0 aromatic rings. The van der Waals surface area contributed by atoms with Gasteiger partial charge in [0.25, 0.3) is 0 Å². The molecule has 0 aromatic carbocycles. The maximum atomic E-state index is 10.1. The van der Waals surface area contributed by atoms with Crippen LogP contribution in [0.4, 0.5) is 0 Å². The summed E-state index contributed by atoms with van der Waals surface area (Å²) in [6.07, 6.45) is 6.91. The molecule has 20 heavy (non-hydrogen) atoms. The van der Waals surface area contributed by atoms with Gasteiger partial charge in [0.2, 0.25) is 0 Å². The molecule has 4 heteroatoms. The van der Waals surface area contributed by atoms with Crippen LogP contribution in [-0.2, 0) is 4.74 Å². The minimum absolute atomic E-state index is 0.393. The highest BCUT2D eigenvalue weighted by molar-refractivity contribution is 4.92. The van der Waals surface area contributed by atoms with Crippen molar-refractivity contribution in [3.05, 3.63) is 0 Å². The summed E-state index contributed by atoms with van der Waals surface area (Å²) in [5.74, 6) is 0. The molecule has 0 aromatic heterocycles. The fourth-order valence-electron chi connectivity index (χ4n) is 3.51. The highest BCUT2D eigenvalue weighted by atomic mass is 16.5. The average Bonchev–Trinajstić information content (AvgIpc) is 3.25. The van der Waals surface area contributed by atoms with Crippen molar-refractivity contribution in [2.75, 3.05) is 39.4 Å². The maximum absolute atomic E-state index is 10.1. The Labute approximate surface area is 122 Å². The van der Waals surface area contributed by atoms with Crippen molar-refractivity contribution >= 4 is 0 Å². The average molecular weight is 282 g/mol. The molecular weight excluding hydrogens is 252 g/mol. The van der Waals surface area contributed by atoms with Crippen molar-refractivity contribution in [3.63, 3.8) is 0 Å². The molecule has 116 valence electrons. The molecule has 0 unspecified atom stereocenters. The van der Waals surface area contributed by atoms with Gasteiger partial charge in [0, 0.05) is 45.4 Å². The number of ether oxygens (including phenoxy) is 1. The molecule has 3 fully saturated rings. The zero-order valence-corrected chi connectivity index (χ0v) is 12.9. The van der Waals surface area contributed by atoms with Gasteiger partial charge in [0.15, 0.2) is 0 Å². The van der Waals surface area contributed by atoms with Crippen molar-refractivity contribution in [3.8, 4) is 0 Å². The van der Waals surface area contributed by atoms with Gasteiger partial charge in [-0.3, -0.25) is 0 Å². The van der Waals surface area contributed by atoms with E-state index < -0.39 is 5.60 Å². The monoisotopic (exact) mass is 282 g/mol. The summed E-state index contributed by atoms with van der Waals surface area (Å²) in [5, 5.41) is 13.8. The number of likely N-dealkylation sites (tertiary alicyclic amines) is 1. The first-order valence-corrected chi connectivity index (χ1v) is 8.33. The lowest BCUT2D eigenvalue weighted by atomic mass is 9.78. The summed E-state index contributed by atoms with van der Waals surface area (Å²) in [5.41, 5.74) is -0.0460. The molecule has 0 bridgehead atoms. The van der Waals surface area contributed by atoms with E-state index in [1.54, 1.807) is 0 Å². The number of piperidine rings is 1. The highest BCUT2D eigenvalue weighted by Crippen LogP contribution is 2.34. The van der Waals surface area contributed by atoms with E-state index in [9.17, 15) is 5.11 Å². The predicted molar refractivity (Wildman–Crippen MR) is 79.8 cm³/mol. The van der Waals surface area contributed by atoms with Gasteiger partial charge in [-0.05, 0) is 50.9 Å². The van der Waals surface area contributed by atoms with Gasteiger partial charge in [-0.2, -0.15) is 0 Å². The zero-order valence-electron chi connectivity index (χ0n) is 12.9. The van der Waals surface area contributed by atoms with E-state index in [4.69, 9.17) is 4.74 Å². The van der Waals surface area contributed by atoms with Crippen LogP contribution < -0.4 is 5.32 Å². The number of aliphatic hydroxyl groups is 1. The molecule has 1 saturated carbocycles. The van der Waals surface area contributed by atoms with Crippen molar-refractivity contribution < 1.29 is 9.84 Å². The second kappa shape index (κ2) is 5.91. The maximum Gasteiger partial charge on any atom is 0.0644 e. The van der Waals surface area contributed by atoms with Crippen LogP contribution >= 0.6 is 0 Å². The molecule has 4 nitrogen and oxygen atoms in total. The normalized spacial score (nSPS) is 30.3. The molecule has 0 spiro atoms. The van der Waals surface area contributed by atoms with E-state index >= 15 is 0 Å². The third-order valence-electron chi connectivity index (χ3n) is 5.39. The molecular formula is C16H30N2O2. The standard InChI is InChI=1S/C16H30N2O2/c1-15(19)4-8-18(9-5-15)13-16(6-10-20-11-7-16)12-17-14-2-3-14/h14,17,19H,2-13H2,1H3. The highest BCUT2D eigenvalue weighted by Gasteiger charge is 2.38. The molecule has 0 amide bonds. The molecule has 0 atom stereocenters. The molecule has 3 aliphatic rings. The zero-order chi connectivity index (χ0) is 14.1. The molecule has 1 aliphatic carbocycles. The Hall–Kier alpha value is -0.160. The third-order valence-corrected chi connectivity index (χ3v) is 5.39. The van der Waals surface area contributed by atoms with Crippen LogP contribution in [0, 0.1) is 5.41 Å². The Kier molecular flexibility index (Phi) is 4.37. The Morgan fingerprint density at radius 3 is 2.40 bits per heavy atom. The SMILES string of the molecule is CC1(O)CCN(CC2(CNC3CC3)CCOCC2)CC1. The van der Waals surface area contributed by atoms with Crippen LogP contribution in [0.1, 0.15) is 45.4 Å². The lowest BCUT2D eigenvalue weighted by Crippen LogP contribution is -2.51. The summed E-state index contributed by atoms with van der Waals surface area (Å²) in [6, 6.07) is 0.789. The molecule has 0 radical (unpaired) electrons. The smallest absolute Gasteiger partial charge is 0.0644 e. The number of nitrogens with one attached hydrogen (secondary N) is 1. The van der Waals surface area contributed by atoms with Crippen molar-refractivity contribution in [1.82, 2.24) is 10.2 Å². The van der Waals surface area contributed by atoms with Crippen LogP contribution in [0.15, 0.2) is 0 Å². The van der Waals surface area contributed by atoms with Crippen LogP contribution in [0.2, 0.25) is 0 Å². The number of hydrogen-bond acceptors (Lipinski definition) is 4. The van der Waals surface area contributed by atoms with Gasteiger partial charge in [-0.1, -0.05) is 0 Å². The molecule has 3 rings (SSSR count). The van der Waals surface area contributed by atoms with E-state index in [0.717, 1.165) is 51.7 Å². The fraction of sp³-hybridized carbons (Fsp3) is 1.00. The van der Waals surface area contributed by atoms with Crippen LogP contribution in [0.3, 0.4) is 0 Å². The van der Waals surface area contributed by atoms with E-state index in [1.165, 1.54) is 32.2 Å². The van der Waals surface area contributed by atoms with E-state index in [-0.39, 0.29) is 0 Å². The van der Waals surface area contributed by atoms with E-state index in [2.05, 4.69) is 10.2 Å². The largest absolute Gasteiger partial charge is 0.390 e. The van der Waals surface area contributed by atoms with Crippen LogP contribution in [0.5, 0.6) is 0 Å². The predicted octanol–water partition coefficient (Wildman–Crippen LogP) is 1.38. The Balaban J connectivity index is 1.54. The Morgan fingerprint density at radius 1 is 1.15 bits per heavy atom. The van der Waals surface area contributed by atoms with Crippen molar-refractivity contribution in [1.29, 1.82) is 0 Å². The Morgan fingerprint density at radius 2 is 1.80 bits per heavy atom. The Bertz CT molecular complexity index is 312. The second-order valence-corrected chi connectivity index (χ2v) is 7.54. The minimum Gasteiger partial charge on any atom is -0.390 e. The summed E-state index contributed by atoms with van der Waals surface area (Å²) < 4.78 is 5.58. The summed E-state index contributed by atoms with van der Waals surface area (Å²) >= 11 is 0. The van der Waals surface area contributed by atoms with Gasteiger partial charge >= 0.3 is 0 Å². The quantitative estimate of drug-likeness (QED) is 0.800. The molecule has 2 N–H and O–H groups in total. The van der Waals surface area contributed by atoms with Crippen molar-refractivity contribution in [2.24, 2.45) is 5.41 Å². The van der Waals surface area contributed by atoms with Crippen molar-refractivity contribution in [2.45, 2.75) is 57.1 Å².